The van der Waals surface area contributed by atoms with E-state index in [1.807, 2.05) is 0 Å². The number of anilines is 1. The molecule has 0 saturated heterocycles. The summed E-state index contributed by atoms with van der Waals surface area (Å²) in [7, 11) is 0. The summed E-state index contributed by atoms with van der Waals surface area (Å²) in [5.74, 6) is 0.192. The van der Waals surface area contributed by atoms with Crippen molar-refractivity contribution < 1.29 is 9.31 Å². The summed E-state index contributed by atoms with van der Waals surface area (Å²) in [5.41, 5.74) is 3.04. The maximum Gasteiger partial charge on any atom is 0.269 e. The molecule has 0 fully saturated rings. The molecule has 0 unspecified atom stereocenters. The number of nitrogens with zero attached hydrogens (tertiary/aromatic N) is 1. The van der Waals surface area contributed by atoms with Crippen LogP contribution in [0.5, 0.6) is 0 Å². The van der Waals surface area contributed by atoms with Crippen LogP contribution in [-0.4, -0.2) is 4.92 Å². The normalized spacial score (nSPS) is 24.7. The van der Waals surface area contributed by atoms with Crippen molar-refractivity contribution in [2.24, 2.45) is 5.92 Å². The molecule has 0 saturated carbocycles. The zero-order valence-electron chi connectivity index (χ0n) is 12.3. The highest BCUT2D eigenvalue weighted by Crippen LogP contribution is 2.50. The van der Waals surface area contributed by atoms with Gasteiger partial charge in [-0.2, -0.15) is 0 Å². The fourth-order valence-corrected chi connectivity index (χ4v) is 3.70. The van der Waals surface area contributed by atoms with Crippen LogP contribution >= 0.6 is 0 Å². The number of nitro groups is 1. The molecule has 0 bridgehead atoms. The molecule has 2 aromatic rings. The van der Waals surface area contributed by atoms with Crippen LogP contribution in [0.3, 0.4) is 0 Å². The largest absolute Gasteiger partial charge is 0.378 e. The molecular weight excluding hydrogens is 295 g/mol. The molecule has 4 rings (SSSR count). The van der Waals surface area contributed by atoms with Gasteiger partial charge in [-0.1, -0.05) is 24.3 Å². The van der Waals surface area contributed by atoms with Crippen molar-refractivity contribution >= 4 is 11.4 Å². The fourth-order valence-electron chi connectivity index (χ4n) is 3.70. The maximum atomic E-state index is 13.2. The molecule has 2 aliphatic rings. The standard InChI is InChI=1S/C18H15FN2O2/c19-12-6-4-11(5-7-12)18-15-3-1-2-14(15)16-10-13(21(22)23)8-9-17(16)20-18/h1-2,4-10,14-15,18,20H,3H2/t14-,15-,18+/m0/s1. The molecule has 1 N–H and O–H groups in total. The van der Waals surface area contributed by atoms with Crippen molar-refractivity contribution in [2.75, 3.05) is 5.32 Å². The Labute approximate surface area is 132 Å². The first-order chi connectivity index (χ1) is 11.1. The van der Waals surface area contributed by atoms with Gasteiger partial charge >= 0.3 is 0 Å². The monoisotopic (exact) mass is 310 g/mol. The van der Waals surface area contributed by atoms with Gasteiger partial charge in [0.2, 0.25) is 0 Å². The molecule has 1 aliphatic heterocycles. The summed E-state index contributed by atoms with van der Waals surface area (Å²) in [6.45, 7) is 0. The quantitative estimate of drug-likeness (QED) is 0.502. The smallest absolute Gasteiger partial charge is 0.269 e. The maximum absolute atomic E-state index is 13.2. The van der Waals surface area contributed by atoms with Crippen molar-refractivity contribution in [3.05, 3.63) is 81.7 Å². The van der Waals surface area contributed by atoms with Crippen LogP contribution in [0.1, 0.15) is 29.5 Å². The number of nitrogens with one attached hydrogen (secondary N) is 1. The second-order valence-corrected chi connectivity index (χ2v) is 6.06. The lowest BCUT2D eigenvalue weighted by atomic mass is 9.77. The van der Waals surface area contributed by atoms with Crippen LogP contribution in [-0.2, 0) is 0 Å². The van der Waals surface area contributed by atoms with Crippen molar-refractivity contribution in [1.82, 2.24) is 0 Å². The number of hydrogen-bond donors (Lipinski definition) is 1. The van der Waals surface area contributed by atoms with Gasteiger partial charge in [0.25, 0.3) is 5.69 Å². The molecule has 5 heteroatoms. The number of halogens is 1. The Morgan fingerprint density at radius 1 is 1.17 bits per heavy atom. The number of nitro benzene ring substituents is 1. The van der Waals surface area contributed by atoms with Gasteiger partial charge in [0.1, 0.15) is 5.82 Å². The van der Waals surface area contributed by atoms with E-state index in [0.29, 0.717) is 0 Å². The molecule has 0 aromatic heterocycles. The van der Waals surface area contributed by atoms with Crippen molar-refractivity contribution in [1.29, 1.82) is 0 Å². The molecule has 0 amide bonds. The van der Waals surface area contributed by atoms with E-state index < -0.39 is 0 Å². The first-order valence-electron chi connectivity index (χ1n) is 7.60. The third kappa shape index (κ3) is 2.29. The highest BCUT2D eigenvalue weighted by Gasteiger charge is 2.38. The summed E-state index contributed by atoms with van der Waals surface area (Å²) in [6.07, 6.45) is 5.16. The van der Waals surface area contributed by atoms with Gasteiger partial charge in [0, 0.05) is 23.7 Å². The van der Waals surface area contributed by atoms with Crippen molar-refractivity contribution in [2.45, 2.75) is 18.4 Å². The summed E-state index contributed by atoms with van der Waals surface area (Å²) >= 11 is 0. The van der Waals surface area contributed by atoms with Gasteiger partial charge in [-0.3, -0.25) is 10.1 Å². The van der Waals surface area contributed by atoms with E-state index in [1.165, 1.54) is 18.2 Å². The van der Waals surface area contributed by atoms with Gasteiger partial charge in [-0.25, -0.2) is 4.39 Å². The molecule has 0 spiro atoms. The van der Waals surface area contributed by atoms with Gasteiger partial charge in [0.05, 0.1) is 11.0 Å². The van der Waals surface area contributed by atoms with Crippen molar-refractivity contribution in [3.63, 3.8) is 0 Å². The average molecular weight is 310 g/mol. The molecule has 1 heterocycles. The van der Waals surface area contributed by atoms with E-state index in [-0.39, 0.29) is 34.3 Å². The minimum absolute atomic E-state index is 0.0737. The zero-order valence-corrected chi connectivity index (χ0v) is 12.3. The Hall–Kier alpha value is -2.69. The Morgan fingerprint density at radius 2 is 1.96 bits per heavy atom. The SMILES string of the molecule is O=[N+]([O-])c1ccc2c(c1)[C@H]1C=CC[C@@H]1[C@@H](c1ccc(F)cc1)N2. The van der Waals surface area contributed by atoms with Crippen LogP contribution in [0, 0.1) is 21.8 Å². The van der Waals surface area contributed by atoms with Gasteiger partial charge < -0.3 is 5.32 Å². The second kappa shape index (κ2) is 5.19. The lowest BCUT2D eigenvalue weighted by molar-refractivity contribution is -0.384. The van der Waals surface area contributed by atoms with Gasteiger partial charge in [0.15, 0.2) is 0 Å². The average Bonchev–Trinajstić information content (AvgIpc) is 3.04. The number of non-ortho nitro benzene ring substituents is 1. The Morgan fingerprint density at radius 3 is 2.70 bits per heavy atom. The molecule has 23 heavy (non-hydrogen) atoms. The van der Waals surface area contributed by atoms with E-state index >= 15 is 0 Å². The Bertz CT molecular complexity index is 801. The van der Waals surface area contributed by atoms with E-state index in [9.17, 15) is 14.5 Å². The zero-order chi connectivity index (χ0) is 16.0. The van der Waals surface area contributed by atoms with Crippen LogP contribution in [0.15, 0.2) is 54.6 Å². The highest BCUT2D eigenvalue weighted by molar-refractivity contribution is 5.62. The van der Waals surface area contributed by atoms with Gasteiger partial charge in [-0.05, 0) is 41.7 Å². The number of rotatable bonds is 2. The predicted molar refractivity (Wildman–Crippen MR) is 85.8 cm³/mol. The minimum Gasteiger partial charge on any atom is -0.378 e. The number of benzene rings is 2. The van der Waals surface area contributed by atoms with Gasteiger partial charge in [-0.15, -0.1) is 0 Å². The summed E-state index contributed by atoms with van der Waals surface area (Å²) < 4.78 is 13.2. The molecule has 4 nitrogen and oxygen atoms in total. The fraction of sp³-hybridized carbons (Fsp3) is 0.222. The minimum atomic E-state index is -0.361. The van der Waals surface area contributed by atoms with Crippen LogP contribution in [0.4, 0.5) is 15.8 Å². The third-order valence-corrected chi connectivity index (χ3v) is 4.79. The van der Waals surface area contributed by atoms with E-state index in [1.54, 1.807) is 24.3 Å². The first kappa shape index (κ1) is 13.9. The number of hydrogen-bond acceptors (Lipinski definition) is 3. The number of fused-ring (bicyclic) bond motifs is 3. The molecular formula is C18H15FN2O2. The van der Waals surface area contributed by atoms with Crippen molar-refractivity contribution in [3.8, 4) is 0 Å². The Balaban J connectivity index is 1.77. The van der Waals surface area contributed by atoms with Crippen LogP contribution in [0.25, 0.3) is 0 Å². The molecule has 116 valence electrons. The predicted octanol–water partition coefficient (Wildman–Crippen LogP) is 4.56. The van der Waals surface area contributed by atoms with E-state index in [0.717, 1.165) is 23.2 Å². The molecule has 0 radical (unpaired) electrons. The van der Waals surface area contributed by atoms with E-state index in [2.05, 4.69) is 17.5 Å². The number of allylic oxidation sites excluding steroid dienone is 2. The molecule has 3 atom stereocenters. The summed E-state index contributed by atoms with van der Waals surface area (Å²) in [6, 6.07) is 11.6. The Kier molecular flexibility index (Phi) is 3.15. The first-order valence-corrected chi connectivity index (χ1v) is 7.60. The lowest BCUT2D eigenvalue weighted by Gasteiger charge is -2.37. The topological polar surface area (TPSA) is 55.2 Å². The third-order valence-electron chi connectivity index (χ3n) is 4.79. The summed E-state index contributed by atoms with van der Waals surface area (Å²) in [4.78, 5) is 10.7. The summed E-state index contributed by atoms with van der Waals surface area (Å²) in [5, 5.41) is 14.5. The van der Waals surface area contributed by atoms with Crippen LogP contribution in [0.2, 0.25) is 0 Å². The molecule has 1 aliphatic carbocycles. The molecule has 2 aromatic carbocycles. The van der Waals surface area contributed by atoms with E-state index in [4.69, 9.17) is 0 Å². The van der Waals surface area contributed by atoms with Crippen LogP contribution < -0.4 is 5.32 Å². The lowest BCUT2D eigenvalue weighted by Crippen LogP contribution is -2.29. The highest BCUT2D eigenvalue weighted by atomic mass is 19.1. The second-order valence-electron chi connectivity index (χ2n) is 6.06.